The zero-order valence-electron chi connectivity index (χ0n) is 15.2. The van der Waals surface area contributed by atoms with E-state index in [4.69, 9.17) is 0 Å². The van der Waals surface area contributed by atoms with E-state index in [1.165, 1.54) is 0 Å². The van der Waals surface area contributed by atoms with Gasteiger partial charge in [-0.15, -0.1) is 0 Å². The van der Waals surface area contributed by atoms with Crippen molar-refractivity contribution in [2.24, 2.45) is 0 Å². The first-order valence-corrected chi connectivity index (χ1v) is 9.07. The van der Waals surface area contributed by atoms with Crippen molar-refractivity contribution in [2.75, 3.05) is 16.8 Å². The highest BCUT2D eigenvalue weighted by Gasteiger charge is 2.21. The average molecular weight is 359 g/mol. The third-order valence-corrected chi connectivity index (χ3v) is 4.86. The second kappa shape index (κ2) is 7.11. The summed E-state index contributed by atoms with van der Waals surface area (Å²) in [4.78, 5) is 26.3. The normalized spacial score (nSPS) is 13.8. The molecular weight excluding hydrogens is 338 g/mol. The molecule has 2 amide bonds. The maximum absolute atomic E-state index is 12.7. The molecule has 3 aromatic rings. The van der Waals surface area contributed by atoms with E-state index in [0.29, 0.717) is 17.7 Å². The molecule has 0 saturated carbocycles. The van der Waals surface area contributed by atoms with E-state index in [-0.39, 0.29) is 11.8 Å². The minimum Gasteiger partial charge on any atom is -0.324 e. The van der Waals surface area contributed by atoms with Crippen LogP contribution in [0.2, 0.25) is 0 Å². The lowest BCUT2D eigenvalue weighted by Crippen LogP contribution is -2.23. The molecule has 2 aromatic carbocycles. The first-order valence-electron chi connectivity index (χ1n) is 9.07. The molecule has 27 heavy (non-hydrogen) atoms. The van der Waals surface area contributed by atoms with Crippen molar-refractivity contribution in [1.82, 2.24) is 4.57 Å². The Morgan fingerprint density at radius 2 is 1.78 bits per heavy atom. The maximum atomic E-state index is 12.7. The number of aromatic nitrogens is 1. The van der Waals surface area contributed by atoms with E-state index in [1.54, 1.807) is 4.90 Å². The molecule has 5 heteroatoms. The van der Waals surface area contributed by atoms with Crippen molar-refractivity contribution < 1.29 is 9.59 Å². The molecule has 1 aliphatic heterocycles. The molecule has 1 aliphatic rings. The average Bonchev–Trinajstić information content (AvgIpc) is 3.34. The van der Waals surface area contributed by atoms with Crippen molar-refractivity contribution in [1.29, 1.82) is 0 Å². The maximum Gasteiger partial charge on any atom is 0.255 e. The molecule has 2 heterocycles. The van der Waals surface area contributed by atoms with Gasteiger partial charge in [-0.05, 0) is 67.4 Å². The Balaban J connectivity index is 1.51. The standard InChI is InChI=1S/C22H21N3O2/c1-16-6-7-17(15-20(16)24-12-2-3-13-24)22(27)23-18-8-10-19(11-9-18)25-14-4-5-21(25)26/h2-3,6-13,15H,4-5,14H2,1H3,(H,23,27). The number of aryl methyl sites for hydroxylation is 1. The summed E-state index contributed by atoms with van der Waals surface area (Å²) in [5.41, 5.74) is 4.26. The number of benzene rings is 2. The van der Waals surface area contributed by atoms with Crippen LogP contribution >= 0.6 is 0 Å². The van der Waals surface area contributed by atoms with E-state index in [2.05, 4.69) is 5.32 Å². The van der Waals surface area contributed by atoms with Gasteiger partial charge in [-0.3, -0.25) is 9.59 Å². The molecule has 1 saturated heterocycles. The van der Waals surface area contributed by atoms with Crippen LogP contribution in [0.3, 0.4) is 0 Å². The highest BCUT2D eigenvalue weighted by Crippen LogP contribution is 2.23. The zero-order valence-corrected chi connectivity index (χ0v) is 15.2. The van der Waals surface area contributed by atoms with Gasteiger partial charge in [-0.2, -0.15) is 0 Å². The van der Waals surface area contributed by atoms with E-state index in [9.17, 15) is 9.59 Å². The van der Waals surface area contributed by atoms with Gasteiger partial charge in [0, 0.05) is 48.0 Å². The van der Waals surface area contributed by atoms with Crippen LogP contribution in [0.4, 0.5) is 11.4 Å². The van der Waals surface area contributed by atoms with Crippen molar-refractivity contribution in [2.45, 2.75) is 19.8 Å². The Bertz CT molecular complexity index is 975. The first-order chi connectivity index (χ1) is 13.1. The predicted molar refractivity (Wildman–Crippen MR) is 106 cm³/mol. The van der Waals surface area contributed by atoms with Gasteiger partial charge < -0.3 is 14.8 Å². The zero-order chi connectivity index (χ0) is 18.8. The van der Waals surface area contributed by atoms with Gasteiger partial charge >= 0.3 is 0 Å². The van der Waals surface area contributed by atoms with Gasteiger partial charge in [-0.25, -0.2) is 0 Å². The molecular formula is C22H21N3O2. The molecule has 5 nitrogen and oxygen atoms in total. The Hall–Kier alpha value is -3.34. The van der Waals surface area contributed by atoms with E-state index >= 15 is 0 Å². The molecule has 0 atom stereocenters. The molecule has 4 rings (SSSR count). The Labute approximate surface area is 158 Å². The van der Waals surface area contributed by atoms with Gasteiger partial charge in [0.25, 0.3) is 5.91 Å². The Kier molecular flexibility index (Phi) is 4.50. The number of carbonyl (C=O) groups is 2. The van der Waals surface area contributed by atoms with Gasteiger partial charge in [-0.1, -0.05) is 6.07 Å². The fourth-order valence-electron chi connectivity index (χ4n) is 3.37. The van der Waals surface area contributed by atoms with Crippen molar-refractivity contribution in [3.05, 3.63) is 78.1 Å². The second-order valence-corrected chi connectivity index (χ2v) is 6.74. The van der Waals surface area contributed by atoms with E-state index < -0.39 is 0 Å². The lowest BCUT2D eigenvalue weighted by molar-refractivity contribution is -0.117. The van der Waals surface area contributed by atoms with Crippen LogP contribution in [0.5, 0.6) is 0 Å². The van der Waals surface area contributed by atoms with E-state index in [0.717, 1.165) is 29.9 Å². The fraction of sp³-hybridized carbons (Fsp3) is 0.182. The van der Waals surface area contributed by atoms with Crippen LogP contribution < -0.4 is 10.2 Å². The number of amides is 2. The number of hydrogen-bond acceptors (Lipinski definition) is 2. The number of anilines is 2. The fourth-order valence-corrected chi connectivity index (χ4v) is 3.37. The summed E-state index contributed by atoms with van der Waals surface area (Å²) < 4.78 is 1.99. The smallest absolute Gasteiger partial charge is 0.255 e. The Morgan fingerprint density at radius 3 is 2.44 bits per heavy atom. The monoisotopic (exact) mass is 359 g/mol. The quantitative estimate of drug-likeness (QED) is 0.760. The largest absolute Gasteiger partial charge is 0.324 e. The summed E-state index contributed by atoms with van der Waals surface area (Å²) in [5, 5.41) is 2.93. The highest BCUT2D eigenvalue weighted by molar-refractivity contribution is 6.05. The molecule has 1 fully saturated rings. The summed E-state index contributed by atoms with van der Waals surface area (Å²) in [7, 11) is 0. The molecule has 0 aliphatic carbocycles. The van der Waals surface area contributed by atoms with Crippen molar-refractivity contribution in [3.8, 4) is 5.69 Å². The van der Waals surface area contributed by atoms with Crippen molar-refractivity contribution >= 4 is 23.2 Å². The summed E-state index contributed by atoms with van der Waals surface area (Å²) in [6.45, 7) is 2.78. The molecule has 1 N–H and O–H groups in total. The number of carbonyl (C=O) groups excluding carboxylic acids is 2. The molecule has 0 radical (unpaired) electrons. The minimum absolute atomic E-state index is 0.156. The van der Waals surface area contributed by atoms with Crippen LogP contribution in [0.15, 0.2) is 67.0 Å². The Morgan fingerprint density at radius 1 is 1.04 bits per heavy atom. The first kappa shape index (κ1) is 17.1. The lowest BCUT2D eigenvalue weighted by Gasteiger charge is -2.16. The van der Waals surface area contributed by atoms with Crippen LogP contribution in [-0.2, 0) is 4.79 Å². The van der Waals surface area contributed by atoms with Gasteiger partial charge in [0.2, 0.25) is 5.91 Å². The topological polar surface area (TPSA) is 54.3 Å². The molecule has 0 bridgehead atoms. The molecule has 0 spiro atoms. The van der Waals surface area contributed by atoms with E-state index in [1.807, 2.05) is 78.5 Å². The van der Waals surface area contributed by atoms with Gasteiger partial charge in [0.05, 0.1) is 0 Å². The van der Waals surface area contributed by atoms with Gasteiger partial charge in [0.15, 0.2) is 0 Å². The third-order valence-electron chi connectivity index (χ3n) is 4.86. The summed E-state index contributed by atoms with van der Waals surface area (Å²) in [6, 6.07) is 17.0. The predicted octanol–water partition coefficient (Wildman–Crippen LogP) is 4.16. The van der Waals surface area contributed by atoms with Crippen LogP contribution in [0.1, 0.15) is 28.8 Å². The number of hydrogen-bond donors (Lipinski definition) is 1. The SMILES string of the molecule is Cc1ccc(C(=O)Nc2ccc(N3CCCC3=O)cc2)cc1-n1cccc1. The summed E-state index contributed by atoms with van der Waals surface area (Å²) >= 11 is 0. The van der Waals surface area contributed by atoms with Gasteiger partial charge in [0.1, 0.15) is 0 Å². The number of nitrogens with one attached hydrogen (secondary N) is 1. The van der Waals surface area contributed by atoms with Crippen LogP contribution in [0, 0.1) is 6.92 Å². The third kappa shape index (κ3) is 3.49. The van der Waals surface area contributed by atoms with Crippen LogP contribution in [-0.4, -0.2) is 22.9 Å². The molecule has 1 aromatic heterocycles. The van der Waals surface area contributed by atoms with Crippen LogP contribution in [0.25, 0.3) is 5.69 Å². The lowest BCUT2D eigenvalue weighted by atomic mass is 10.1. The number of rotatable bonds is 4. The second-order valence-electron chi connectivity index (χ2n) is 6.74. The number of nitrogens with zero attached hydrogens (tertiary/aromatic N) is 2. The molecule has 0 unspecified atom stereocenters. The highest BCUT2D eigenvalue weighted by atomic mass is 16.2. The minimum atomic E-state index is -0.159. The summed E-state index contributed by atoms with van der Waals surface area (Å²) in [5.74, 6) is -0.00242. The summed E-state index contributed by atoms with van der Waals surface area (Å²) in [6.07, 6.45) is 5.43. The molecule has 136 valence electrons. The van der Waals surface area contributed by atoms with Crippen molar-refractivity contribution in [3.63, 3.8) is 0 Å².